The standard InChI is InChI=1S/C38H38N2O8S2/c1-45-33-9-3-25(20-36(42)43)19-34(33)47-15-2-11-40-37(44)35(50-38(40)49)24-30-22-28(26-4-5-29-23-31(41)8-6-27(29)21-26)7-10-32(30)48-18-14-39-12-16-46-17-13-39/h3-10,19,21-24,41H,2,11-18,20H2,1H3,(H,42,43)/b35-24-. The number of aromatic hydroxyl groups is 1. The zero-order valence-corrected chi connectivity index (χ0v) is 29.3. The Morgan fingerprint density at radius 2 is 1.62 bits per heavy atom. The number of methoxy groups -OCH3 is 1. The molecule has 0 radical (unpaired) electrons. The maximum Gasteiger partial charge on any atom is 0.307 e. The lowest BCUT2D eigenvalue weighted by molar-refractivity contribution is -0.136. The molecule has 50 heavy (non-hydrogen) atoms. The van der Waals surface area contributed by atoms with Crippen molar-refractivity contribution in [1.82, 2.24) is 9.80 Å². The van der Waals surface area contributed by atoms with Crippen LogP contribution >= 0.6 is 24.0 Å². The highest BCUT2D eigenvalue weighted by molar-refractivity contribution is 8.26. The number of phenolic OH excluding ortho intramolecular Hbond substituents is 1. The molecule has 2 fully saturated rings. The summed E-state index contributed by atoms with van der Waals surface area (Å²) >= 11 is 6.88. The zero-order chi connectivity index (χ0) is 35.0. The average Bonchev–Trinajstić information content (AvgIpc) is 3.38. The molecule has 0 spiro atoms. The number of thiocarbonyl (C=S) groups is 1. The number of ether oxygens (including phenoxy) is 4. The molecule has 0 atom stereocenters. The Bertz CT molecular complexity index is 1920. The van der Waals surface area contributed by atoms with Gasteiger partial charge in [0.2, 0.25) is 0 Å². The van der Waals surface area contributed by atoms with E-state index in [-0.39, 0.29) is 24.7 Å². The summed E-state index contributed by atoms with van der Waals surface area (Å²) in [6, 6.07) is 22.4. The van der Waals surface area contributed by atoms with Crippen molar-refractivity contribution < 1.29 is 38.7 Å². The highest BCUT2D eigenvalue weighted by Crippen LogP contribution is 2.37. The van der Waals surface area contributed by atoms with E-state index in [2.05, 4.69) is 11.0 Å². The van der Waals surface area contributed by atoms with Gasteiger partial charge in [-0.2, -0.15) is 0 Å². The predicted molar refractivity (Wildman–Crippen MR) is 198 cm³/mol. The minimum atomic E-state index is -0.933. The Hall–Kier alpha value is -4.62. The molecule has 2 aliphatic rings. The van der Waals surface area contributed by atoms with Gasteiger partial charge < -0.3 is 29.2 Å². The third kappa shape index (κ3) is 8.75. The summed E-state index contributed by atoms with van der Waals surface area (Å²) in [7, 11) is 1.52. The summed E-state index contributed by atoms with van der Waals surface area (Å²) in [6.45, 7) is 5.06. The van der Waals surface area contributed by atoms with Crippen molar-refractivity contribution in [2.45, 2.75) is 12.8 Å². The number of benzene rings is 4. The van der Waals surface area contributed by atoms with Crippen LogP contribution in [0.15, 0.2) is 77.7 Å². The van der Waals surface area contributed by atoms with Crippen LogP contribution < -0.4 is 14.2 Å². The number of fused-ring (bicyclic) bond motifs is 1. The third-order valence-electron chi connectivity index (χ3n) is 8.46. The minimum absolute atomic E-state index is 0.125. The smallest absolute Gasteiger partial charge is 0.307 e. The quantitative estimate of drug-likeness (QED) is 0.0880. The summed E-state index contributed by atoms with van der Waals surface area (Å²) in [6.07, 6.45) is 2.22. The molecule has 2 N–H and O–H groups in total. The molecule has 4 aromatic rings. The maximum absolute atomic E-state index is 13.6. The van der Waals surface area contributed by atoms with E-state index in [1.54, 1.807) is 35.2 Å². The van der Waals surface area contributed by atoms with Gasteiger partial charge in [-0.25, -0.2) is 0 Å². The van der Waals surface area contributed by atoms with Crippen LogP contribution in [-0.4, -0.2) is 95.9 Å². The minimum Gasteiger partial charge on any atom is -0.508 e. The van der Waals surface area contributed by atoms with Gasteiger partial charge in [0.05, 0.1) is 38.3 Å². The monoisotopic (exact) mass is 714 g/mol. The summed E-state index contributed by atoms with van der Waals surface area (Å²) in [5.41, 5.74) is 3.33. The number of morpholine rings is 1. The lowest BCUT2D eigenvalue weighted by Crippen LogP contribution is -2.38. The molecule has 4 aromatic carbocycles. The first-order chi connectivity index (χ1) is 24.3. The van der Waals surface area contributed by atoms with E-state index in [9.17, 15) is 14.7 Å². The van der Waals surface area contributed by atoms with E-state index >= 15 is 0 Å². The van der Waals surface area contributed by atoms with Crippen molar-refractivity contribution >= 4 is 57.0 Å². The van der Waals surface area contributed by atoms with Crippen LogP contribution in [0.5, 0.6) is 23.0 Å². The highest BCUT2D eigenvalue weighted by Gasteiger charge is 2.32. The molecular formula is C38H38N2O8S2. The van der Waals surface area contributed by atoms with E-state index in [0.29, 0.717) is 64.8 Å². The molecule has 2 heterocycles. The van der Waals surface area contributed by atoms with E-state index in [0.717, 1.165) is 47.1 Å². The Kier molecular flexibility index (Phi) is 11.5. The molecule has 6 rings (SSSR count). The van der Waals surface area contributed by atoms with E-state index in [4.69, 9.17) is 36.3 Å². The molecular weight excluding hydrogens is 677 g/mol. The Morgan fingerprint density at radius 3 is 2.42 bits per heavy atom. The van der Waals surface area contributed by atoms with Crippen molar-refractivity contribution in [3.8, 4) is 34.1 Å². The number of nitrogens with zero attached hydrogens (tertiary/aromatic N) is 2. The molecule has 260 valence electrons. The first kappa shape index (κ1) is 35.2. The first-order valence-corrected chi connectivity index (χ1v) is 17.6. The van der Waals surface area contributed by atoms with E-state index in [1.807, 2.05) is 42.5 Å². The Balaban J connectivity index is 1.17. The fraction of sp³-hybridized carbons (Fsp3) is 0.289. The van der Waals surface area contributed by atoms with Gasteiger partial charge in [0, 0.05) is 31.7 Å². The van der Waals surface area contributed by atoms with Crippen LogP contribution in [0.4, 0.5) is 0 Å². The largest absolute Gasteiger partial charge is 0.508 e. The van der Waals surface area contributed by atoms with Crippen LogP contribution in [-0.2, 0) is 20.7 Å². The second-order valence-electron chi connectivity index (χ2n) is 11.9. The number of carboxylic acids is 1. The van der Waals surface area contributed by atoms with Gasteiger partial charge in [0.25, 0.3) is 5.91 Å². The fourth-order valence-electron chi connectivity index (χ4n) is 5.85. The normalized spacial score (nSPS) is 15.9. The number of rotatable bonds is 14. The van der Waals surface area contributed by atoms with Crippen molar-refractivity contribution in [3.05, 3.63) is 88.8 Å². The molecule has 0 aliphatic carbocycles. The van der Waals surface area contributed by atoms with Gasteiger partial charge in [-0.05, 0) is 82.4 Å². The molecule has 12 heteroatoms. The molecule has 0 saturated carbocycles. The molecule has 1 amide bonds. The van der Waals surface area contributed by atoms with Crippen LogP contribution in [0.3, 0.4) is 0 Å². The van der Waals surface area contributed by atoms with Crippen molar-refractivity contribution in [2.24, 2.45) is 0 Å². The number of phenols is 1. The number of aliphatic carboxylic acids is 1. The number of amides is 1. The number of carbonyl (C=O) groups excluding carboxylic acids is 1. The Labute approximate surface area is 300 Å². The summed E-state index contributed by atoms with van der Waals surface area (Å²) in [4.78, 5) is 29.2. The zero-order valence-electron chi connectivity index (χ0n) is 27.6. The summed E-state index contributed by atoms with van der Waals surface area (Å²) in [5.74, 6) is 0.723. The van der Waals surface area contributed by atoms with Crippen molar-refractivity contribution in [2.75, 3.05) is 59.7 Å². The van der Waals surface area contributed by atoms with Crippen LogP contribution in [0.25, 0.3) is 28.0 Å². The molecule has 0 aromatic heterocycles. The number of thioether (sulfide) groups is 1. The third-order valence-corrected chi connectivity index (χ3v) is 9.84. The fourth-order valence-corrected chi connectivity index (χ4v) is 7.15. The van der Waals surface area contributed by atoms with Crippen molar-refractivity contribution in [3.63, 3.8) is 0 Å². The lowest BCUT2D eigenvalue weighted by Gasteiger charge is -2.26. The van der Waals surface area contributed by atoms with Gasteiger partial charge in [-0.1, -0.05) is 54.3 Å². The summed E-state index contributed by atoms with van der Waals surface area (Å²) < 4.78 is 23.5. The van der Waals surface area contributed by atoms with Crippen LogP contribution in [0.2, 0.25) is 0 Å². The maximum atomic E-state index is 13.6. The average molecular weight is 715 g/mol. The van der Waals surface area contributed by atoms with Gasteiger partial charge in [-0.3, -0.25) is 19.4 Å². The van der Waals surface area contributed by atoms with E-state index < -0.39 is 5.97 Å². The van der Waals surface area contributed by atoms with Gasteiger partial charge in [-0.15, -0.1) is 0 Å². The number of hydrogen-bond donors (Lipinski definition) is 2. The molecule has 10 nitrogen and oxygen atoms in total. The topological polar surface area (TPSA) is 118 Å². The molecule has 2 saturated heterocycles. The molecule has 2 aliphatic heterocycles. The highest BCUT2D eigenvalue weighted by atomic mass is 32.2. The Morgan fingerprint density at radius 1 is 0.900 bits per heavy atom. The second-order valence-corrected chi connectivity index (χ2v) is 13.6. The number of hydrogen-bond acceptors (Lipinski definition) is 10. The second kappa shape index (κ2) is 16.4. The van der Waals surface area contributed by atoms with Gasteiger partial charge in [0.1, 0.15) is 22.4 Å². The van der Waals surface area contributed by atoms with Crippen LogP contribution in [0, 0.1) is 0 Å². The van der Waals surface area contributed by atoms with Gasteiger partial charge >= 0.3 is 5.97 Å². The summed E-state index contributed by atoms with van der Waals surface area (Å²) in [5, 5.41) is 21.0. The molecule has 0 unspecified atom stereocenters. The SMILES string of the molecule is COc1ccc(CC(=O)O)cc1OCCCN1C(=O)/C(=C/c2cc(-c3ccc4cc(O)ccc4c3)ccc2OCCN2CCOCC2)SC1=S. The lowest BCUT2D eigenvalue weighted by atomic mass is 9.99. The first-order valence-electron chi connectivity index (χ1n) is 16.3. The van der Waals surface area contributed by atoms with Crippen LogP contribution in [0.1, 0.15) is 17.5 Å². The van der Waals surface area contributed by atoms with E-state index in [1.165, 1.54) is 18.9 Å². The van der Waals surface area contributed by atoms with Crippen molar-refractivity contribution in [1.29, 1.82) is 0 Å². The van der Waals surface area contributed by atoms with Gasteiger partial charge in [0.15, 0.2) is 11.5 Å². The number of carboxylic acid groups (broad SMARTS) is 1. The predicted octanol–water partition coefficient (Wildman–Crippen LogP) is 6.23. The number of carbonyl (C=O) groups is 2. The molecule has 0 bridgehead atoms.